The van der Waals surface area contributed by atoms with Crippen LogP contribution in [0.1, 0.15) is 43.0 Å². The lowest BCUT2D eigenvalue weighted by Crippen LogP contribution is -2.23. The first-order valence-electron chi connectivity index (χ1n) is 7.06. The number of rotatable bonds is 5. The number of para-hydroxylation sites is 1. The van der Waals surface area contributed by atoms with Crippen LogP contribution >= 0.6 is 11.3 Å². The Morgan fingerprint density at radius 2 is 2.05 bits per heavy atom. The normalized spacial score (nSPS) is 14.5. The monoisotopic (exact) mass is 285 g/mol. The van der Waals surface area contributed by atoms with Crippen LogP contribution in [0.4, 0.5) is 0 Å². The van der Waals surface area contributed by atoms with Crippen molar-refractivity contribution in [1.29, 1.82) is 0 Å². The standard InChI is InChI=1S/C17H19NOS/c1-3-14(17-9-6-10-20-17)18-12(2)16-11-13-7-4-5-8-15(13)19-16/h4-12,14,18H,3H2,1-2H3. The predicted octanol–water partition coefficient (Wildman–Crippen LogP) is 5.30. The summed E-state index contributed by atoms with van der Waals surface area (Å²) in [5.74, 6) is 1.00. The van der Waals surface area contributed by atoms with E-state index in [0.29, 0.717) is 6.04 Å². The lowest BCUT2D eigenvalue weighted by atomic mass is 10.1. The predicted molar refractivity (Wildman–Crippen MR) is 85.1 cm³/mol. The maximum Gasteiger partial charge on any atom is 0.134 e. The average Bonchev–Trinajstić information content (AvgIpc) is 3.13. The van der Waals surface area contributed by atoms with Crippen LogP contribution in [0, 0.1) is 0 Å². The van der Waals surface area contributed by atoms with E-state index >= 15 is 0 Å². The second-order valence-electron chi connectivity index (χ2n) is 5.05. The van der Waals surface area contributed by atoms with E-state index in [0.717, 1.165) is 17.8 Å². The molecule has 104 valence electrons. The van der Waals surface area contributed by atoms with Gasteiger partial charge in [0.2, 0.25) is 0 Å². The molecule has 3 heteroatoms. The molecule has 2 unspecified atom stereocenters. The van der Waals surface area contributed by atoms with Crippen molar-refractivity contribution in [2.24, 2.45) is 0 Å². The van der Waals surface area contributed by atoms with Gasteiger partial charge in [0.15, 0.2) is 0 Å². The van der Waals surface area contributed by atoms with Crippen LogP contribution in [0.5, 0.6) is 0 Å². The second kappa shape index (κ2) is 5.81. The number of hydrogen-bond donors (Lipinski definition) is 1. The molecule has 20 heavy (non-hydrogen) atoms. The van der Waals surface area contributed by atoms with Gasteiger partial charge in [0.05, 0.1) is 6.04 Å². The highest BCUT2D eigenvalue weighted by Gasteiger charge is 2.17. The molecule has 3 aromatic rings. The number of thiophene rings is 1. The summed E-state index contributed by atoms with van der Waals surface area (Å²) in [5, 5.41) is 6.96. The van der Waals surface area contributed by atoms with Crippen molar-refractivity contribution in [3.63, 3.8) is 0 Å². The van der Waals surface area contributed by atoms with Crippen LogP contribution in [0.25, 0.3) is 11.0 Å². The highest BCUT2D eigenvalue weighted by atomic mass is 32.1. The van der Waals surface area contributed by atoms with Crippen molar-refractivity contribution >= 4 is 22.3 Å². The topological polar surface area (TPSA) is 25.2 Å². The smallest absolute Gasteiger partial charge is 0.134 e. The second-order valence-corrected chi connectivity index (χ2v) is 6.03. The summed E-state index contributed by atoms with van der Waals surface area (Å²) in [7, 11) is 0. The molecule has 0 aliphatic heterocycles. The van der Waals surface area contributed by atoms with Gasteiger partial charge in [-0.1, -0.05) is 31.2 Å². The summed E-state index contributed by atoms with van der Waals surface area (Å²) >= 11 is 1.80. The third-order valence-corrected chi connectivity index (χ3v) is 4.60. The van der Waals surface area contributed by atoms with Crippen LogP contribution < -0.4 is 5.32 Å². The van der Waals surface area contributed by atoms with Crippen LogP contribution in [-0.4, -0.2) is 0 Å². The molecular formula is C17H19NOS. The summed E-state index contributed by atoms with van der Waals surface area (Å²) < 4.78 is 5.93. The fourth-order valence-corrected chi connectivity index (χ4v) is 3.36. The van der Waals surface area contributed by atoms with E-state index in [1.54, 1.807) is 11.3 Å². The minimum atomic E-state index is 0.203. The van der Waals surface area contributed by atoms with Gasteiger partial charge in [-0.15, -0.1) is 11.3 Å². The fraction of sp³-hybridized carbons (Fsp3) is 0.294. The largest absolute Gasteiger partial charge is 0.459 e. The van der Waals surface area contributed by atoms with Crippen LogP contribution in [0.3, 0.4) is 0 Å². The number of furan rings is 1. The third-order valence-electron chi connectivity index (χ3n) is 3.62. The van der Waals surface area contributed by atoms with E-state index in [1.807, 2.05) is 18.2 Å². The van der Waals surface area contributed by atoms with E-state index in [9.17, 15) is 0 Å². The molecule has 3 rings (SSSR count). The molecule has 0 saturated heterocycles. The fourth-order valence-electron chi connectivity index (χ4n) is 2.49. The van der Waals surface area contributed by atoms with Gasteiger partial charge in [0.25, 0.3) is 0 Å². The Morgan fingerprint density at radius 3 is 2.75 bits per heavy atom. The van der Waals surface area contributed by atoms with E-state index < -0.39 is 0 Å². The minimum Gasteiger partial charge on any atom is -0.459 e. The van der Waals surface area contributed by atoms with Gasteiger partial charge in [-0.25, -0.2) is 0 Å². The van der Waals surface area contributed by atoms with Gasteiger partial charge in [-0.3, -0.25) is 5.32 Å². The van der Waals surface area contributed by atoms with Gasteiger partial charge < -0.3 is 4.42 Å². The van der Waals surface area contributed by atoms with Gasteiger partial charge in [-0.2, -0.15) is 0 Å². The summed E-state index contributed by atoms with van der Waals surface area (Å²) in [6.45, 7) is 4.37. The maximum atomic E-state index is 5.93. The molecule has 0 bridgehead atoms. The molecule has 2 heterocycles. The van der Waals surface area contributed by atoms with Crippen LogP contribution in [-0.2, 0) is 0 Å². The van der Waals surface area contributed by atoms with Gasteiger partial charge >= 0.3 is 0 Å². The summed E-state index contributed by atoms with van der Waals surface area (Å²) in [6.07, 6.45) is 1.07. The van der Waals surface area contributed by atoms with Gasteiger partial charge in [-0.05, 0) is 36.9 Å². The van der Waals surface area contributed by atoms with Crippen molar-refractivity contribution in [1.82, 2.24) is 5.32 Å². The van der Waals surface area contributed by atoms with E-state index in [4.69, 9.17) is 4.42 Å². The van der Waals surface area contributed by atoms with Crippen molar-refractivity contribution < 1.29 is 4.42 Å². The zero-order valence-electron chi connectivity index (χ0n) is 11.8. The zero-order chi connectivity index (χ0) is 13.9. The number of fused-ring (bicyclic) bond motifs is 1. The molecule has 0 spiro atoms. The van der Waals surface area contributed by atoms with Crippen molar-refractivity contribution in [2.45, 2.75) is 32.4 Å². The molecule has 0 aliphatic rings. The molecule has 1 N–H and O–H groups in total. The van der Waals surface area contributed by atoms with Crippen LogP contribution in [0.15, 0.2) is 52.3 Å². The Labute approximate surface area is 123 Å². The molecule has 0 radical (unpaired) electrons. The molecule has 1 aromatic carbocycles. The maximum absolute atomic E-state index is 5.93. The van der Waals surface area contributed by atoms with Crippen molar-refractivity contribution in [3.05, 3.63) is 58.5 Å². The molecular weight excluding hydrogens is 266 g/mol. The SMILES string of the molecule is CCC(NC(C)c1cc2ccccc2o1)c1cccs1. The Balaban J connectivity index is 1.79. The van der Waals surface area contributed by atoms with Gasteiger partial charge in [0.1, 0.15) is 11.3 Å². The molecule has 2 atom stereocenters. The molecule has 2 aromatic heterocycles. The highest BCUT2D eigenvalue weighted by Crippen LogP contribution is 2.28. The molecule has 0 amide bonds. The molecule has 0 saturated carbocycles. The van der Waals surface area contributed by atoms with Crippen molar-refractivity contribution in [3.8, 4) is 0 Å². The third kappa shape index (κ3) is 2.65. The van der Waals surface area contributed by atoms with E-state index in [1.165, 1.54) is 10.3 Å². The number of hydrogen-bond acceptors (Lipinski definition) is 3. The first-order chi connectivity index (χ1) is 9.78. The molecule has 0 aliphatic carbocycles. The number of benzene rings is 1. The lowest BCUT2D eigenvalue weighted by Gasteiger charge is -2.19. The van der Waals surface area contributed by atoms with E-state index in [-0.39, 0.29) is 6.04 Å². The highest BCUT2D eigenvalue weighted by molar-refractivity contribution is 7.10. The van der Waals surface area contributed by atoms with Gasteiger partial charge in [0, 0.05) is 16.3 Å². The average molecular weight is 285 g/mol. The van der Waals surface area contributed by atoms with E-state index in [2.05, 4.69) is 48.8 Å². The number of nitrogens with one attached hydrogen (secondary N) is 1. The lowest BCUT2D eigenvalue weighted by molar-refractivity contribution is 0.401. The quantitative estimate of drug-likeness (QED) is 0.688. The first-order valence-corrected chi connectivity index (χ1v) is 7.94. The Hall–Kier alpha value is -1.58. The molecule has 2 nitrogen and oxygen atoms in total. The first kappa shape index (κ1) is 13.4. The summed E-state index contributed by atoms with van der Waals surface area (Å²) in [6, 6.07) is 15.2. The minimum absolute atomic E-state index is 0.203. The summed E-state index contributed by atoms with van der Waals surface area (Å²) in [4.78, 5) is 1.38. The summed E-state index contributed by atoms with van der Waals surface area (Å²) in [5.41, 5.74) is 0.959. The zero-order valence-corrected chi connectivity index (χ0v) is 12.6. The van der Waals surface area contributed by atoms with Crippen LogP contribution in [0.2, 0.25) is 0 Å². The Kier molecular flexibility index (Phi) is 3.90. The Morgan fingerprint density at radius 1 is 1.20 bits per heavy atom. The molecule has 0 fully saturated rings. The Bertz CT molecular complexity index is 638. The van der Waals surface area contributed by atoms with Crippen molar-refractivity contribution in [2.75, 3.05) is 0 Å².